The second-order valence-corrected chi connectivity index (χ2v) is 6.99. The first kappa shape index (κ1) is 23.4. The van der Waals surface area contributed by atoms with Gasteiger partial charge in [0, 0.05) is 18.5 Å². The molecule has 0 aromatic heterocycles. The van der Waals surface area contributed by atoms with Gasteiger partial charge in [-0.2, -0.15) is 0 Å². The van der Waals surface area contributed by atoms with Crippen LogP contribution in [0.3, 0.4) is 0 Å². The molecule has 31 heavy (non-hydrogen) atoms. The molecule has 0 bridgehead atoms. The Morgan fingerprint density at radius 3 is 2.03 bits per heavy atom. The predicted octanol–water partition coefficient (Wildman–Crippen LogP) is 0.0514. The molecule has 0 unspecified atom stereocenters. The van der Waals surface area contributed by atoms with E-state index in [-0.39, 0.29) is 18.8 Å². The topological polar surface area (TPSA) is 166 Å². The summed E-state index contributed by atoms with van der Waals surface area (Å²) in [6, 6.07) is 15.9. The Bertz CT molecular complexity index is 898. The van der Waals surface area contributed by atoms with Crippen LogP contribution in [0.5, 0.6) is 0 Å². The quantitative estimate of drug-likeness (QED) is 0.195. The summed E-state index contributed by atoms with van der Waals surface area (Å²) < 4.78 is 0. The molecule has 0 spiro atoms. The van der Waals surface area contributed by atoms with Gasteiger partial charge in [0.25, 0.3) is 5.91 Å². The van der Waals surface area contributed by atoms with E-state index < -0.39 is 29.8 Å². The zero-order valence-electron chi connectivity index (χ0n) is 17.2. The van der Waals surface area contributed by atoms with Gasteiger partial charge in [0.05, 0.1) is 0 Å². The SMILES string of the molecule is NC(=O)[C@H](Cc1ccccc1)NC(=O)[C@@H](CCCN=C(N)N)NC(=O)c1ccccc1. The van der Waals surface area contributed by atoms with Gasteiger partial charge >= 0.3 is 0 Å². The van der Waals surface area contributed by atoms with Crippen molar-refractivity contribution in [3.63, 3.8) is 0 Å². The van der Waals surface area contributed by atoms with E-state index in [1.165, 1.54) is 0 Å². The molecule has 0 radical (unpaired) electrons. The molecule has 164 valence electrons. The van der Waals surface area contributed by atoms with Crippen LogP contribution in [0, 0.1) is 0 Å². The fourth-order valence-electron chi connectivity index (χ4n) is 2.95. The van der Waals surface area contributed by atoms with Crippen molar-refractivity contribution in [3.8, 4) is 0 Å². The van der Waals surface area contributed by atoms with Gasteiger partial charge in [-0.05, 0) is 30.5 Å². The minimum absolute atomic E-state index is 0.0500. The van der Waals surface area contributed by atoms with Crippen molar-refractivity contribution in [2.24, 2.45) is 22.2 Å². The Balaban J connectivity index is 2.09. The molecule has 0 heterocycles. The lowest BCUT2D eigenvalue weighted by Crippen LogP contribution is -2.53. The van der Waals surface area contributed by atoms with E-state index in [4.69, 9.17) is 17.2 Å². The van der Waals surface area contributed by atoms with Crippen molar-refractivity contribution in [2.75, 3.05) is 6.54 Å². The number of primary amides is 1. The number of carbonyl (C=O) groups is 3. The van der Waals surface area contributed by atoms with Crippen LogP contribution in [0.4, 0.5) is 0 Å². The summed E-state index contributed by atoms with van der Waals surface area (Å²) in [6.07, 6.45) is 0.970. The highest BCUT2D eigenvalue weighted by atomic mass is 16.2. The molecule has 0 saturated carbocycles. The number of guanidine groups is 1. The highest BCUT2D eigenvalue weighted by Gasteiger charge is 2.26. The monoisotopic (exact) mass is 424 g/mol. The molecule has 9 heteroatoms. The molecule has 3 amide bonds. The largest absolute Gasteiger partial charge is 0.370 e. The summed E-state index contributed by atoms with van der Waals surface area (Å²) in [5.74, 6) is -1.62. The minimum Gasteiger partial charge on any atom is -0.370 e. The van der Waals surface area contributed by atoms with Gasteiger partial charge in [-0.15, -0.1) is 0 Å². The van der Waals surface area contributed by atoms with Gasteiger partial charge in [-0.1, -0.05) is 48.5 Å². The molecule has 0 saturated heterocycles. The number of hydrogen-bond acceptors (Lipinski definition) is 4. The molecule has 0 aliphatic rings. The first-order valence-corrected chi connectivity index (χ1v) is 9.91. The van der Waals surface area contributed by atoms with Gasteiger partial charge in [-0.25, -0.2) is 0 Å². The highest BCUT2D eigenvalue weighted by molar-refractivity contribution is 5.98. The van der Waals surface area contributed by atoms with Gasteiger partial charge in [0.2, 0.25) is 11.8 Å². The van der Waals surface area contributed by atoms with Crippen molar-refractivity contribution in [1.82, 2.24) is 10.6 Å². The predicted molar refractivity (Wildman–Crippen MR) is 119 cm³/mol. The lowest BCUT2D eigenvalue weighted by Gasteiger charge is -2.22. The number of amides is 3. The fourth-order valence-corrected chi connectivity index (χ4v) is 2.95. The van der Waals surface area contributed by atoms with E-state index in [2.05, 4.69) is 15.6 Å². The first-order chi connectivity index (χ1) is 14.9. The number of benzene rings is 2. The maximum atomic E-state index is 12.9. The number of nitrogens with zero attached hydrogens (tertiary/aromatic N) is 1. The lowest BCUT2D eigenvalue weighted by molar-refractivity contribution is -0.128. The highest BCUT2D eigenvalue weighted by Crippen LogP contribution is 2.07. The normalized spacial score (nSPS) is 12.3. The fraction of sp³-hybridized carbons (Fsp3) is 0.273. The van der Waals surface area contributed by atoms with Crippen LogP contribution in [0.25, 0.3) is 0 Å². The molecule has 2 aromatic rings. The standard InChI is InChI=1S/C22H28N6O3/c23-19(29)18(14-15-8-3-1-4-9-15)28-21(31)17(12-7-13-26-22(24)25)27-20(30)16-10-5-2-6-11-16/h1-6,8-11,17-18H,7,12-14H2,(H2,23,29)(H,27,30)(H,28,31)(H4,24,25,26)/t17-,18+/m1/s1. The van der Waals surface area contributed by atoms with Crippen molar-refractivity contribution in [3.05, 3.63) is 71.8 Å². The number of rotatable bonds is 11. The van der Waals surface area contributed by atoms with E-state index >= 15 is 0 Å². The smallest absolute Gasteiger partial charge is 0.251 e. The number of hydrogen-bond donors (Lipinski definition) is 5. The van der Waals surface area contributed by atoms with E-state index in [0.29, 0.717) is 18.5 Å². The van der Waals surface area contributed by atoms with Crippen LogP contribution in [0.2, 0.25) is 0 Å². The van der Waals surface area contributed by atoms with Crippen LogP contribution in [-0.2, 0) is 16.0 Å². The zero-order chi connectivity index (χ0) is 22.6. The third-order valence-corrected chi connectivity index (χ3v) is 4.55. The number of carbonyl (C=O) groups excluding carboxylic acids is 3. The van der Waals surface area contributed by atoms with Crippen molar-refractivity contribution >= 4 is 23.7 Å². The van der Waals surface area contributed by atoms with Gasteiger partial charge in [-0.3, -0.25) is 19.4 Å². The Morgan fingerprint density at radius 1 is 0.839 bits per heavy atom. The Kier molecular flexibility index (Phi) is 9.03. The van der Waals surface area contributed by atoms with Crippen LogP contribution in [0.15, 0.2) is 65.7 Å². The lowest BCUT2D eigenvalue weighted by atomic mass is 10.0. The second kappa shape index (κ2) is 12.0. The molecule has 2 rings (SSSR count). The molecular weight excluding hydrogens is 396 g/mol. The van der Waals surface area contributed by atoms with Crippen molar-refractivity contribution in [1.29, 1.82) is 0 Å². The second-order valence-electron chi connectivity index (χ2n) is 6.99. The Labute approximate surface area is 181 Å². The molecule has 2 atom stereocenters. The van der Waals surface area contributed by atoms with Crippen LogP contribution < -0.4 is 27.8 Å². The third-order valence-electron chi connectivity index (χ3n) is 4.55. The van der Waals surface area contributed by atoms with Gasteiger partial charge in [0.15, 0.2) is 5.96 Å². The summed E-state index contributed by atoms with van der Waals surface area (Å²) in [5, 5.41) is 5.37. The van der Waals surface area contributed by atoms with E-state index in [1.54, 1.807) is 30.3 Å². The first-order valence-electron chi connectivity index (χ1n) is 9.91. The molecule has 2 aromatic carbocycles. The summed E-state index contributed by atoms with van der Waals surface area (Å²) in [5.41, 5.74) is 17.4. The van der Waals surface area contributed by atoms with Crippen LogP contribution in [0.1, 0.15) is 28.8 Å². The number of aliphatic imine (C=N–C) groups is 1. The maximum absolute atomic E-state index is 12.9. The molecule has 0 aliphatic carbocycles. The summed E-state index contributed by atoms with van der Waals surface area (Å²) in [7, 11) is 0. The molecular formula is C22H28N6O3. The number of nitrogens with two attached hydrogens (primary N) is 3. The van der Waals surface area contributed by atoms with Gasteiger partial charge in [0.1, 0.15) is 12.1 Å². The van der Waals surface area contributed by atoms with Gasteiger partial charge < -0.3 is 27.8 Å². The third kappa shape index (κ3) is 8.17. The molecule has 0 fully saturated rings. The average Bonchev–Trinajstić information content (AvgIpc) is 2.76. The number of nitrogens with one attached hydrogen (secondary N) is 2. The van der Waals surface area contributed by atoms with Crippen molar-refractivity contribution < 1.29 is 14.4 Å². The summed E-state index contributed by atoms with van der Waals surface area (Å²) >= 11 is 0. The zero-order valence-corrected chi connectivity index (χ0v) is 17.2. The Hall–Kier alpha value is -3.88. The van der Waals surface area contributed by atoms with E-state index in [1.807, 2.05) is 30.3 Å². The van der Waals surface area contributed by atoms with Crippen molar-refractivity contribution in [2.45, 2.75) is 31.3 Å². The van der Waals surface area contributed by atoms with Crippen LogP contribution in [-0.4, -0.2) is 42.3 Å². The van der Waals surface area contributed by atoms with E-state index in [9.17, 15) is 14.4 Å². The molecule has 0 aliphatic heterocycles. The molecule has 8 N–H and O–H groups in total. The average molecular weight is 425 g/mol. The summed E-state index contributed by atoms with van der Waals surface area (Å²) in [6.45, 7) is 0.302. The summed E-state index contributed by atoms with van der Waals surface area (Å²) in [4.78, 5) is 41.3. The molecule has 9 nitrogen and oxygen atoms in total. The minimum atomic E-state index is -0.913. The Morgan fingerprint density at radius 2 is 1.45 bits per heavy atom. The van der Waals surface area contributed by atoms with Crippen LogP contribution >= 0.6 is 0 Å². The maximum Gasteiger partial charge on any atom is 0.251 e. The van der Waals surface area contributed by atoms with E-state index in [0.717, 1.165) is 5.56 Å².